The minimum absolute atomic E-state index is 0.0133. The third kappa shape index (κ3) is 4.54. The van der Waals surface area contributed by atoms with Gasteiger partial charge in [0, 0.05) is 6.04 Å². The van der Waals surface area contributed by atoms with Crippen LogP contribution in [0.2, 0.25) is 0 Å². The molecule has 2 amide bonds. The molecule has 3 aliphatic rings. The summed E-state index contributed by atoms with van der Waals surface area (Å²) in [7, 11) is 0. The van der Waals surface area contributed by atoms with Crippen LogP contribution < -0.4 is 5.32 Å². The van der Waals surface area contributed by atoms with Crippen molar-refractivity contribution in [3.63, 3.8) is 0 Å². The Morgan fingerprint density at radius 2 is 1.71 bits per heavy atom. The Kier molecular flexibility index (Phi) is 6.07. The number of carbonyl (C=O) groups excluding carboxylic acids is 2. The van der Waals surface area contributed by atoms with Crippen LogP contribution in [0.3, 0.4) is 0 Å². The van der Waals surface area contributed by atoms with Gasteiger partial charge in [0.25, 0.3) is 11.8 Å². The Morgan fingerprint density at radius 3 is 2.40 bits per heavy atom. The molecule has 0 unspecified atom stereocenters. The van der Waals surface area contributed by atoms with Gasteiger partial charge in [0.1, 0.15) is 0 Å². The van der Waals surface area contributed by atoms with Gasteiger partial charge in [-0.3, -0.25) is 9.59 Å². The zero-order chi connectivity index (χ0) is 24.7. The molecule has 8 heteroatoms. The lowest BCUT2D eigenvalue weighted by Gasteiger charge is -2.29. The number of aliphatic hydroxyl groups is 1. The van der Waals surface area contributed by atoms with Crippen molar-refractivity contribution in [1.29, 1.82) is 0 Å². The maximum atomic E-state index is 13.2. The predicted octanol–water partition coefficient (Wildman–Crippen LogP) is 5.19. The van der Waals surface area contributed by atoms with Crippen LogP contribution in [-0.4, -0.2) is 34.4 Å². The van der Waals surface area contributed by atoms with Gasteiger partial charge in [0.15, 0.2) is 5.76 Å². The van der Waals surface area contributed by atoms with E-state index in [1.54, 1.807) is 0 Å². The van der Waals surface area contributed by atoms with Gasteiger partial charge in [-0.1, -0.05) is 36.4 Å². The molecule has 0 bridgehead atoms. The van der Waals surface area contributed by atoms with E-state index in [2.05, 4.69) is 17.4 Å². The number of alkyl halides is 3. The van der Waals surface area contributed by atoms with E-state index < -0.39 is 35.4 Å². The molecule has 0 aromatic heterocycles. The third-order valence-electron chi connectivity index (χ3n) is 7.58. The number of aliphatic hydroxyl groups excluding tert-OH is 1. The van der Waals surface area contributed by atoms with Crippen LogP contribution in [-0.2, 0) is 22.2 Å². The second-order valence-corrected chi connectivity index (χ2v) is 9.66. The molecule has 1 atom stereocenters. The van der Waals surface area contributed by atoms with Crippen LogP contribution in [0.25, 0.3) is 0 Å². The largest absolute Gasteiger partial charge is 0.503 e. The van der Waals surface area contributed by atoms with E-state index >= 15 is 0 Å². The van der Waals surface area contributed by atoms with E-state index in [1.807, 2.05) is 18.2 Å². The Hall–Kier alpha value is -3.29. The summed E-state index contributed by atoms with van der Waals surface area (Å²) < 4.78 is 39.7. The Labute approximate surface area is 201 Å². The zero-order valence-electron chi connectivity index (χ0n) is 19.1. The fourth-order valence-corrected chi connectivity index (χ4v) is 5.66. The minimum Gasteiger partial charge on any atom is -0.503 e. The SMILES string of the molecule is O=C(N[C@H]1CC[C@@H](c2ccccc2)CC1)C1=C(O)C(=O)N([C@H]2CCc3ccc(C(F)(F)F)cc32)C1. The molecule has 1 heterocycles. The van der Waals surface area contributed by atoms with Gasteiger partial charge in [-0.25, -0.2) is 0 Å². The number of nitrogens with one attached hydrogen (secondary N) is 1. The Bertz CT molecular complexity index is 1170. The van der Waals surface area contributed by atoms with Crippen molar-refractivity contribution >= 4 is 11.8 Å². The average molecular weight is 485 g/mol. The van der Waals surface area contributed by atoms with Crippen molar-refractivity contribution in [2.24, 2.45) is 0 Å². The molecular weight excluding hydrogens is 457 g/mol. The van der Waals surface area contributed by atoms with Crippen LogP contribution in [0.4, 0.5) is 13.2 Å². The molecule has 0 saturated heterocycles. The van der Waals surface area contributed by atoms with Crippen LogP contribution in [0, 0.1) is 0 Å². The molecule has 1 fully saturated rings. The number of halogens is 3. The zero-order valence-corrected chi connectivity index (χ0v) is 19.1. The lowest BCUT2D eigenvalue weighted by atomic mass is 9.82. The Balaban J connectivity index is 1.24. The number of hydrogen-bond acceptors (Lipinski definition) is 3. The van der Waals surface area contributed by atoms with Gasteiger partial charge in [0.2, 0.25) is 0 Å². The minimum atomic E-state index is -4.48. The fourth-order valence-electron chi connectivity index (χ4n) is 5.66. The van der Waals surface area contributed by atoms with Crippen molar-refractivity contribution in [1.82, 2.24) is 10.2 Å². The first-order valence-electron chi connectivity index (χ1n) is 12.0. The first-order chi connectivity index (χ1) is 16.7. The van der Waals surface area contributed by atoms with E-state index in [1.165, 1.54) is 16.5 Å². The number of amides is 2. The molecule has 0 spiro atoms. The highest BCUT2D eigenvalue weighted by Gasteiger charge is 2.42. The van der Waals surface area contributed by atoms with E-state index in [0.717, 1.165) is 43.4 Å². The third-order valence-corrected chi connectivity index (χ3v) is 7.58. The summed E-state index contributed by atoms with van der Waals surface area (Å²) >= 11 is 0. The predicted molar refractivity (Wildman–Crippen MR) is 123 cm³/mol. The number of rotatable bonds is 4. The first-order valence-corrected chi connectivity index (χ1v) is 12.0. The van der Waals surface area contributed by atoms with Gasteiger partial charge in [-0.15, -0.1) is 0 Å². The maximum Gasteiger partial charge on any atom is 0.416 e. The molecule has 0 radical (unpaired) electrons. The van der Waals surface area contributed by atoms with Crippen molar-refractivity contribution in [3.05, 3.63) is 82.1 Å². The second-order valence-electron chi connectivity index (χ2n) is 9.66. The van der Waals surface area contributed by atoms with Gasteiger partial charge >= 0.3 is 6.18 Å². The summed E-state index contributed by atoms with van der Waals surface area (Å²) in [6.45, 7) is -0.115. The number of benzene rings is 2. The lowest BCUT2D eigenvalue weighted by molar-refractivity contribution is -0.137. The highest BCUT2D eigenvalue weighted by Crippen LogP contribution is 2.42. The van der Waals surface area contributed by atoms with E-state index in [4.69, 9.17) is 0 Å². The normalized spacial score (nSPS) is 24.6. The average Bonchev–Trinajstić information content (AvgIpc) is 3.40. The van der Waals surface area contributed by atoms with Crippen LogP contribution in [0.1, 0.15) is 66.3 Å². The number of aryl methyl sites for hydroxylation is 1. The van der Waals surface area contributed by atoms with E-state index in [0.29, 0.717) is 24.3 Å². The van der Waals surface area contributed by atoms with Gasteiger partial charge < -0.3 is 15.3 Å². The highest BCUT2D eigenvalue weighted by molar-refractivity contribution is 6.07. The molecule has 5 nitrogen and oxygen atoms in total. The van der Waals surface area contributed by atoms with Crippen molar-refractivity contribution in [3.8, 4) is 0 Å². The molecule has 1 saturated carbocycles. The Morgan fingerprint density at radius 1 is 1.00 bits per heavy atom. The topological polar surface area (TPSA) is 69.6 Å². The molecule has 5 rings (SSSR count). The van der Waals surface area contributed by atoms with Crippen LogP contribution in [0.15, 0.2) is 59.9 Å². The molecule has 2 aromatic carbocycles. The molecular formula is C27H27F3N2O3. The summed E-state index contributed by atoms with van der Waals surface area (Å²) in [5, 5.41) is 13.4. The van der Waals surface area contributed by atoms with Crippen molar-refractivity contribution in [2.75, 3.05) is 6.54 Å². The monoisotopic (exact) mass is 484 g/mol. The lowest BCUT2D eigenvalue weighted by Crippen LogP contribution is -2.39. The summed E-state index contributed by atoms with van der Waals surface area (Å²) in [6.07, 6.45) is -0.0254. The smallest absolute Gasteiger partial charge is 0.416 e. The fraction of sp³-hybridized carbons (Fsp3) is 0.407. The van der Waals surface area contributed by atoms with Crippen molar-refractivity contribution < 1.29 is 27.9 Å². The standard InChI is InChI=1S/C27H27F3N2O3/c28-27(29,30)19-10-6-18-9-13-23(21(18)14-19)32-15-22(24(33)26(32)35)25(34)31-20-11-7-17(8-12-20)16-4-2-1-3-5-16/h1-6,10,14,17,20,23,33H,7-9,11-13,15H2,(H,31,34)/t17-,20+,23-/m0/s1. The number of fused-ring (bicyclic) bond motifs is 1. The summed E-state index contributed by atoms with van der Waals surface area (Å²) in [5.74, 6) is -1.35. The van der Waals surface area contributed by atoms with Gasteiger partial charge in [-0.2, -0.15) is 13.2 Å². The summed E-state index contributed by atoms with van der Waals surface area (Å²) in [5.41, 5.74) is 1.70. The van der Waals surface area contributed by atoms with Gasteiger partial charge in [-0.05, 0) is 73.3 Å². The van der Waals surface area contributed by atoms with Crippen LogP contribution in [0.5, 0.6) is 0 Å². The molecule has 1 aliphatic heterocycles. The molecule has 2 N–H and O–H groups in total. The van der Waals surface area contributed by atoms with E-state index in [9.17, 15) is 27.9 Å². The summed E-state index contributed by atoms with van der Waals surface area (Å²) in [4.78, 5) is 27.1. The quantitative estimate of drug-likeness (QED) is 0.628. The molecule has 35 heavy (non-hydrogen) atoms. The highest BCUT2D eigenvalue weighted by atomic mass is 19.4. The van der Waals surface area contributed by atoms with E-state index in [-0.39, 0.29) is 18.2 Å². The van der Waals surface area contributed by atoms with Crippen molar-refractivity contribution in [2.45, 2.75) is 62.7 Å². The van der Waals surface area contributed by atoms with Crippen LogP contribution >= 0.6 is 0 Å². The summed E-state index contributed by atoms with van der Waals surface area (Å²) in [6, 6.07) is 13.2. The first kappa shape index (κ1) is 23.5. The second kappa shape index (κ2) is 9.06. The number of nitrogens with zero attached hydrogens (tertiary/aromatic N) is 1. The van der Waals surface area contributed by atoms with Gasteiger partial charge in [0.05, 0.1) is 23.7 Å². The molecule has 2 aromatic rings. The molecule has 2 aliphatic carbocycles. The maximum absolute atomic E-state index is 13.2. The number of hydrogen-bond donors (Lipinski definition) is 2. The molecule has 184 valence electrons. The number of carbonyl (C=O) groups is 2.